The van der Waals surface area contributed by atoms with E-state index in [1.807, 2.05) is 18.5 Å². The van der Waals surface area contributed by atoms with Gasteiger partial charge in [0.15, 0.2) is 0 Å². The number of aliphatic hydroxyl groups is 1. The third kappa shape index (κ3) is 4.58. The van der Waals surface area contributed by atoms with Gasteiger partial charge in [0.05, 0.1) is 6.10 Å². The maximum atomic E-state index is 9.96. The van der Waals surface area contributed by atoms with Gasteiger partial charge in [-0.3, -0.25) is 4.98 Å². The molecule has 0 aliphatic rings. The van der Waals surface area contributed by atoms with E-state index >= 15 is 0 Å². The summed E-state index contributed by atoms with van der Waals surface area (Å²) in [5, 5.41) is 15.6. The van der Waals surface area contributed by atoms with E-state index in [0.29, 0.717) is 6.54 Å². The highest BCUT2D eigenvalue weighted by atomic mass is 16.3. The number of nitrogens with zero attached hydrogens (tertiary/aromatic N) is 1. The van der Waals surface area contributed by atoms with Crippen molar-refractivity contribution in [3.8, 4) is 0 Å². The Morgan fingerprint density at radius 2 is 2.00 bits per heavy atom. The summed E-state index contributed by atoms with van der Waals surface area (Å²) in [7, 11) is 0. The summed E-state index contributed by atoms with van der Waals surface area (Å²) in [5.74, 6) is 0. The van der Waals surface area contributed by atoms with Crippen molar-refractivity contribution < 1.29 is 5.11 Å². The first kappa shape index (κ1) is 14.9. The lowest BCUT2D eigenvalue weighted by Crippen LogP contribution is -2.29. The summed E-state index contributed by atoms with van der Waals surface area (Å²) in [6.45, 7) is 7.85. The van der Waals surface area contributed by atoms with Gasteiger partial charge < -0.3 is 10.4 Å². The molecule has 3 heteroatoms. The van der Waals surface area contributed by atoms with E-state index in [-0.39, 0.29) is 11.5 Å². The van der Waals surface area contributed by atoms with Crippen LogP contribution in [0.3, 0.4) is 0 Å². The quantitative estimate of drug-likeness (QED) is 0.879. The molecule has 0 bridgehead atoms. The number of aromatic nitrogens is 1. The second-order valence-electron chi connectivity index (χ2n) is 6.61. The molecule has 1 aromatic carbocycles. The molecule has 0 saturated carbocycles. The Balaban J connectivity index is 1.86. The average Bonchev–Trinajstić information content (AvgIpc) is 2.36. The molecule has 0 spiro atoms. The minimum absolute atomic E-state index is 0.164. The second kappa shape index (κ2) is 6.33. The van der Waals surface area contributed by atoms with Crippen LogP contribution in [-0.4, -0.2) is 22.7 Å². The summed E-state index contributed by atoms with van der Waals surface area (Å²) < 4.78 is 0. The Hall–Kier alpha value is -1.45. The summed E-state index contributed by atoms with van der Waals surface area (Å²) >= 11 is 0. The first-order valence-electron chi connectivity index (χ1n) is 7.15. The number of benzene rings is 1. The largest absolute Gasteiger partial charge is 0.392 e. The molecule has 1 unspecified atom stereocenters. The molecule has 108 valence electrons. The minimum Gasteiger partial charge on any atom is -0.392 e. The van der Waals surface area contributed by atoms with E-state index in [4.69, 9.17) is 0 Å². The van der Waals surface area contributed by atoms with Crippen molar-refractivity contribution in [1.29, 1.82) is 0 Å². The lowest BCUT2D eigenvalue weighted by atomic mass is 9.89. The van der Waals surface area contributed by atoms with E-state index < -0.39 is 0 Å². The van der Waals surface area contributed by atoms with Crippen LogP contribution in [-0.2, 0) is 6.54 Å². The maximum absolute atomic E-state index is 9.96. The number of rotatable bonds is 5. The van der Waals surface area contributed by atoms with Crippen molar-refractivity contribution in [2.45, 2.75) is 39.8 Å². The molecule has 3 nitrogen and oxygen atoms in total. The third-order valence-corrected chi connectivity index (χ3v) is 3.26. The number of pyridine rings is 1. The highest BCUT2D eigenvalue weighted by Crippen LogP contribution is 2.20. The zero-order chi connectivity index (χ0) is 14.6. The van der Waals surface area contributed by atoms with Crippen molar-refractivity contribution in [1.82, 2.24) is 10.3 Å². The SMILES string of the molecule is CC(C)(C)CC(O)CNCc1ccc2cnccc2c1. The second-order valence-corrected chi connectivity index (χ2v) is 6.61. The van der Waals surface area contributed by atoms with Crippen LogP contribution >= 0.6 is 0 Å². The van der Waals surface area contributed by atoms with Crippen molar-refractivity contribution >= 4 is 10.8 Å². The van der Waals surface area contributed by atoms with Crippen LogP contribution in [0.1, 0.15) is 32.8 Å². The predicted octanol–water partition coefficient (Wildman–Crippen LogP) is 3.12. The molecular formula is C17H24N2O. The van der Waals surface area contributed by atoms with Crippen molar-refractivity contribution in [2.75, 3.05) is 6.54 Å². The van der Waals surface area contributed by atoms with Gasteiger partial charge in [-0.2, -0.15) is 0 Å². The predicted molar refractivity (Wildman–Crippen MR) is 83.5 cm³/mol. The lowest BCUT2D eigenvalue weighted by molar-refractivity contribution is 0.119. The van der Waals surface area contributed by atoms with Crippen molar-refractivity contribution in [3.63, 3.8) is 0 Å². The molecule has 1 heterocycles. The molecule has 0 aliphatic carbocycles. The van der Waals surface area contributed by atoms with Gasteiger partial charge in [-0.05, 0) is 34.9 Å². The van der Waals surface area contributed by atoms with Crippen molar-refractivity contribution in [2.24, 2.45) is 5.41 Å². The van der Waals surface area contributed by atoms with Crippen LogP contribution in [0, 0.1) is 5.41 Å². The first-order chi connectivity index (χ1) is 9.44. The van der Waals surface area contributed by atoms with Crippen molar-refractivity contribution in [3.05, 3.63) is 42.2 Å². The van der Waals surface area contributed by atoms with E-state index in [1.165, 1.54) is 10.9 Å². The number of nitrogens with one attached hydrogen (secondary N) is 1. The molecular weight excluding hydrogens is 248 g/mol. The molecule has 0 amide bonds. The minimum atomic E-state index is -0.292. The average molecular weight is 272 g/mol. The Bertz CT molecular complexity index is 560. The molecule has 2 rings (SSSR count). The van der Waals surface area contributed by atoms with Gasteiger partial charge >= 0.3 is 0 Å². The molecule has 1 aromatic heterocycles. The Labute approximate surface area is 121 Å². The fraction of sp³-hybridized carbons (Fsp3) is 0.471. The fourth-order valence-electron chi connectivity index (χ4n) is 2.40. The highest BCUT2D eigenvalue weighted by Gasteiger charge is 2.16. The molecule has 0 aliphatic heterocycles. The van der Waals surface area contributed by atoms with Gasteiger partial charge in [-0.1, -0.05) is 32.9 Å². The Morgan fingerprint density at radius 1 is 1.20 bits per heavy atom. The molecule has 0 fully saturated rings. The number of aliphatic hydroxyl groups excluding tert-OH is 1. The van der Waals surface area contributed by atoms with Crippen LogP contribution < -0.4 is 5.32 Å². The third-order valence-electron chi connectivity index (χ3n) is 3.26. The highest BCUT2D eigenvalue weighted by molar-refractivity contribution is 5.81. The summed E-state index contributed by atoms with van der Waals surface area (Å²) in [4.78, 5) is 4.11. The maximum Gasteiger partial charge on any atom is 0.0669 e. The normalized spacial score (nSPS) is 13.6. The van der Waals surface area contributed by atoms with Gasteiger partial charge in [0, 0.05) is 30.9 Å². The van der Waals surface area contributed by atoms with Gasteiger partial charge in [-0.15, -0.1) is 0 Å². The molecule has 2 N–H and O–H groups in total. The van der Waals surface area contributed by atoms with Gasteiger partial charge in [0.25, 0.3) is 0 Å². The zero-order valence-corrected chi connectivity index (χ0v) is 12.6. The number of hydrogen-bond donors (Lipinski definition) is 2. The monoisotopic (exact) mass is 272 g/mol. The molecule has 1 atom stereocenters. The molecule has 0 saturated heterocycles. The topological polar surface area (TPSA) is 45.1 Å². The van der Waals surface area contributed by atoms with E-state index in [2.05, 4.69) is 49.3 Å². The first-order valence-corrected chi connectivity index (χ1v) is 7.15. The fourth-order valence-corrected chi connectivity index (χ4v) is 2.40. The molecule has 0 radical (unpaired) electrons. The number of hydrogen-bond acceptors (Lipinski definition) is 3. The van der Waals surface area contributed by atoms with Gasteiger partial charge in [0.2, 0.25) is 0 Å². The summed E-state index contributed by atoms with van der Waals surface area (Å²) in [6, 6.07) is 8.38. The van der Waals surface area contributed by atoms with E-state index in [0.717, 1.165) is 18.4 Å². The van der Waals surface area contributed by atoms with Gasteiger partial charge in [0.1, 0.15) is 0 Å². The lowest BCUT2D eigenvalue weighted by Gasteiger charge is -2.22. The molecule has 2 aromatic rings. The van der Waals surface area contributed by atoms with E-state index in [9.17, 15) is 5.11 Å². The standard InChI is InChI=1S/C17H24N2O/c1-17(2,3)9-16(20)12-19-10-13-4-5-15-11-18-7-6-14(15)8-13/h4-8,11,16,19-20H,9-10,12H2,1-3H3. The van der Waals surface area contributed by atoms with Gasteiger partial charge in [-0.25, -0.2) is 0 Å². The summed E-state index contributed by atoms with van der Waals surface area (Å²) in [6.07, 6.45) is 4.20. The molecule has 20 heavy (non-hydrogen) atoms. The summed E-state index contributed by atoms with van der Waals surface area (Å²) in [5.41, 5.74) is 1.39. The van der Waals surface area contributed by atoms with Crippen LogP contribution in [0.5, 0.6) is 0 Å². The van der Waals surface area contributed by atoms with Crippen LogP contribution in [0.4, 0.5) is 0 Å². The Kier molecular flexibility index (Phi) is 4.73. The Morgan fingerprint density at radius 3 is 2.75 bits per heavy atom. The van der Waals surface area contributed by atoms with E-state index in [1.54, 1.807) is 0 Å². The zero-order valence-electron chi connectivity index (χ0n) is 12.6. The van der Waals surface area contributed by atoms with Crippen LogP contribution in [0.15, 0.2) is 36.7 Å². The number of fused-ring (bicyclic) bond motifs is 1. The van der Waals surface area contributed by atoms with Crippen LogP contribution in [0.25, 0.3) is 10.8 Å². The smallest absolute Gasteiger partial charge is 0.0669 e. The van der Waals surface area contributed by atoms with Crippen LogP contribution in [0.2, 0.25) is 0 Å².